The lowest BCUT2D eigenvalue weighted by Crippen LogP contribution is -2.62. The zero-order valence-corrected chi connectivity index (χ0v) is 12.0. The van der Waals surface area contributed by atoms with Crippen molar-refractivity contribution in [3.8, 4) is 0 Å². The topological polar surface area (TPSA) is 12.4 Å². The standard InChI is InChI=1S/C9H9F9IN/c1-2-3-4-20-5(19)6(10,11)7(12,13)8(14,15)9(16,17)18/h2-4H2,1H3. The predicted octanol–water partition coefficient (Wildman–Crippen LogP) is 5.09. The molecule has 0 aliphatic rings. The fourth-order valence-electron chi connectivity index (χ4n) is 0.939. The number of rotatable bonds is 6. The molecule has 0 atom stereocenters. The Hall–Kier alpha value is -0.230. The number of halogens is 10. The smallest absolute Gasteiger partial charge is 0.277 e. The summed E-state index contributed by atoms with van der Waals surface area (Å²) in [4.78, 5) is 2.92. The van der Waals surface area contributed by atoms with Gasteiger partial charge in [-0.15, -0.1) is 0 Å². The Morgan fingerprint density at radius 1 is 0.900 bits per heavy atom. The first kappa shape index (κ1) is 19.8. The van der Waals surface area contributed by atoms with Gasteiger partial charge in [-0.1, -0.05) is 13.3 Å². The predicted molar refractivity (Wildman–Crippen MR) is 62.1 cm³/mol. The van der Waals surface area contributed by atoms with Gasteiger partial charge >= 0.3 is 23.9 Å². The average Bonchev–Trinajstić information content (AvgIpc) is 2.27. The average molecular weight is 429 g/mol. The maximum Gasteiger partial charge on any atom is 0.460 e. The van der Waals surface area contributed by atoms with Gasteiger partial charge in [0.1, 0.15) is 3.72 Å². The van der Waals surface area contributed by atoms with Crippen molar-refractivity contribution >= 4 is 26.3 Å². The summed E-state index contributed by atoms with van der Waals surface area (Å²) in [5, 5.41) is 0. The molecular formula is C9H9F9IN. The normalized spacial score (nSPS) is 15.7. The van der Waals surface area contributed by atoms with Crippen molar-refractivity contribution in [3.05, 3.63) is 0 Å². The second kappa shape index (κ2) is 6.26. The van der Waals surface area contributed by atoms with E-state index in [0.717, 1.165) is 0 Å². The van der Waals surface area contributed by atoms with Gasteiger partial charge < -0.3 is 0 Å². The van der Waals surface area contributed by atoms with Crippen LogP contribution in [0.25, 0.3) is 0 Å². The summed E-state index contributed by atoms with van der Waals surface area (Å²) >= 11 is 0.537. The van der Waals surface area contributed by atoms with Crippen molar-refractivity contribution in [3.63, 3.8) is 0 Å². The lowest BCUT2D eigenvalue weighted by Gasteiger charge is -2.33. The van der Waals surface area contributed by atoms with Gasteiger partial charge in [0.25, 0.3) is 0 Å². The highest BCUT2D eigenvalue weighted by molar-refractivity contribution is 14.1. The van der Waals surface area contributed by atoms with Crippen LogP contribution in [0, 0.1) is 0 Å². The number of hydrogen-bond acceptors (Lipinski definition) is 1. The molecule has 0 aliphatic carbocycles. The fourth-order valence-corrected chi connectivity index (χ4v) is 1.52. The van der Waals surface area contributed by atoms with E-state index in [1.807, 2.05) is 0 Å². The van der Waals surface area contributed by atoms with Gasteiger partial charge in [0.15, 0.2) is 0 Å². The van der Waals surface area contributed by atoms with Crippen LogP contribution >= 0.6 is 22.6 Å². The van der Waals surface area contributed by atoms with E-state index in [1.165, 1.54) is 0 Å². The van der Waals surface area contributed by atoms with E-state index in [2.05, 4.69) is 4.99 Å². The molecule has 0 radical (unpaired) electrons. The molecule has 0 aliphatic heterocycles. The Morgan fingerprint density at radius 2 is 1.35 bits per heavy atom. The van der Waals surface area contributed by atoms with Gasteiger partial charge in [0.2, 0.25) is 0 Å². The third-order valence-corrected chi connectivity index (χ3v) is 3.18. The monoisotopic (exact) mass is 429 g/mol. The highest BCUT2D eigenvalue weighted by Crippen LogP contribution is 2.53. The van der Waals surface area contributed by atoms with Crippen LogP contribution in [-0.4, -0.2) is 34.2 Å². The van der Waals surface area contributed by atoms with E-state index in [9.17, 15) is 39.5 Å². The minimum atomic E-state index is -6.87. The minimum Gasteiger partial charge on any atom is -0.277 e. The van der Waals surface area contributed by atoms with Gasteiger partial charge in [0.05, 0.1) is 0 Å². The first-order valence-corrected chi connectivity index (χ1v) is 6.22. The molecule has 0 bridgehead atoms. The van der Waals surface area contributed by atoms with Gasteiger partial charge in [-0.05, 0) is 29.0 Å². The number of unbranched alkanes of at least 4 members (excludes halogenated alkanes) is 1. The summed E-state index contributed by atoms with van der Waals surface area (Å²) in [6.07, 6.45) is -6.15. The maximum absolute atomic E-state index is 13.2. The molecule has 0 N–H and O–H groups in total. The van der Waals surface area contributed by atoms with Crippen molar-refractivity contribution < 1.29 is 39.5 Å². The lowest BCUT2D eigenvalue weighted by molar-refractivity contribution is -0.384. The van der Waals surface area contributed by atoms with Crippen LogP contribution in [0.3, 0.4) is 0 Å². The Labute approximate surface area is 121 Å². The van der Waals surface area contributed by atoms with Crippen LogP contribution < -0.4 is 0 Å². The van der Waals surface area contributed by atoms with Gasteiger partial charge in [0, 0.05) is 6.54 Å². The van der Waals surface area contributed by atoms with Crippen LogP contribution in [0.5, 0.6) is 0 Å². The first-order valence-electron chi connectivity index (χ1n) is 5.14. The van der Waals surface area contributed by atoms with E-state index >= 15 is 0 Å². The first-order chi connectivity index (χ1) is 8.73. The molecule has 0 rings (SSSR count). The summed E-state index contributed by atoms with van der Waals surface area (Å²) < 4.78 is 111. The fraction of sp³-hybridized carbons (Fsp3) is 0.889. The zero-order chi connectivity index (χ0) is 16.4. The Kier molecular flexibility index (Phi) is 6.19. The molecule has 120 valence electrons. The molecule has 0 aromatic heterocycles. The van der Waals surface area contributed by atoms with E-state index in [1.54, 1.807) is 6.92 Å². The molecule has 11 heteroatoms. The molecule has 0 spiro atoms. The molecule has 0 aromatic rings. The largest absolute Gasteiger partial charge is 0.460 e. The SMILES string of the molecule is CCCCN=C(I)C(F)(F)C(F)(F)C(F)(F)C(F)(F)F. The third-order valence-electron chi connectivity index (χ3n) is 2.17. The molecule has 0 fully saturated rings. The second-order valence-corrected chi connectivity index (χ2v) is 4.77. The van der Waals surface area contributed by atoms with Crippen molar-refractivity contribution in [2.24, 2.45) is 4.99 Å². The second-order valence-electron chi connectivity index (χ2n) is 3.75. The zero-order valence-electron chi connectivity index (χ0n) is 9.85. The van der Waals surface area contributed by atoms with E-state index in [0.29, 0.717) is 29.0 Å². The van der Waals surface area contributed by atoms with Crippen molar-refractivity contribution in [1.29, 1.82) is 0 Å². The van der Waals surface area contributed by atoms with Crippen molar-refractivity contribution in [1.82, 2.24) is 0 Å². The van der Waals surface area contributed by atoms with E-state index in [-0.39, 0.29) is 13.0 Å². The minimum absolute atomic E-state index is 0.198. The molecule has 0 saturated carbocycles. The Bertz CT molecular complexity index is 361. The highest BCUT2D eigenvalue weighted by atomic mass is 127. The van der Waals surface area contributed by atoms with Crippen LogP contribution in [-0.2, 0) is 0 Å². The molecule has 0 aromatic carbocycles. The number of alkyl halides is 9. The molecule has 0 unspecified atom stereocenters. The van der Waals surface area contributed by atoms with Crippen molar-refractivity contribution in [2.45, 2.75) is 43.7 Å². The molecule has 0 amide bonds. The summed E-state index contributed by atoms with van der Waals surface area (Å²) in [5.41, 5.74) is 0. The number of aliphatic imine (C=N–C) groups is 1. The van der Waals surface area contributed by atoms with E-state index in [4.69, 9.17) is 0 Å². The molecular weight excluding hydrogens is 420 g/mol. The van der Waals surface area contributed by atoms with Gasteiger partial charge in [-0.25, -0.2) is 0 Å². The highest BCUT2D eigenvalue weighted by Gasteiger charge is 2.82. The Morgan fingerprint density at radius 3 is 1.70 bits per heavy atom. The Balaban J connectivity index is 5.52. The van der Waals surface area contributed by atoms with Gasteiger partial charge in [-0.2, -0.15) is 39.5 Å². The van der Waals surface area contributed by atoms with Crippen LogP contribution in [0.2, 0.25) is 0 Å². The van der Waals surface area contributed by atoms with Crippen LogP contribution in [0.15, 0.2) is 4.99 Å². The maximum atomic E-state index is 13.2. The van der Waals surface area contributed by atoms with Gasteiger partial charge in [-0.3, -0.25) is 4.99 Å². The van der Waals surface area contributed by atoms with Crippen LogP contribution in [0.1, 0.15) is 19.8 Å². The quantitative estimate of drug-likeness (QED) is 0.242. The number of nitrogens with zero attached hydrogens (tertiary/aromatic N) is 1. The van der Waals surface area contributed by atoms with Crippen LogP contribution in [0.4, 0.5) is 39.5 Å². The molecule has 0 saturated heterocycles. The summed E-state index contributed by atoms with van der Waals surface area (Å²) in [6.45, 7) is 1.24. The van der Waals surface area contributed by atoms with Crippen molar-refractivity contribution in [2.75, 3.05) is 6.54 Å². The molecule has 0 heterocycles. The molecule has 20 heavy (non-hydrogen) atoms. The number of hydrogen-bond donors (Lipinski definition) is 0. The lowest BCUT2D eigenvalue weighted by atomic mass is 10.1. The van der Waals surface area contributed by atoms with E-state index < -0.39 is 27.7 Å². The third kappa shape index (κ3) is 3.50. The summed E-state index contributed by atoms with van der Waals surface area (Å²) in [5.74, 6) is -19.2. The molecule has 1 nitrogen and oxygen atoms in total. The summed E-state index contributed by atoms with van der Waals surface area (Å²) in [7, 11) is 0. The summed E-state index contributed by atoms with van der Waals surface area (Å²) in [6, 6.07) is 0.